The summed E-state index contributed by atoms with van der Waals surface area (Å²) in [6.45, 7) is 2.09. The summed E-state index contributed by atoms with van der Waals surface area (Å²) in [6.07, 6.45) is 0. The Hall–Kier alpha value is -0.100. The van der Waals surface area contributed by atoms with Crippen LogP contribution in [-0.2, 0) is 7.05 Å². The van der Waals surface area contributed by atoms with Crippen LogP contribution in [0.2, 0.25) is 0 Å². The van der Waals surface area contributed by atoms with Crippen molar-refractivity contribution in [3.8, 4) is 0 Å². The van der Waals surface area contributed by atoms with E-state index in [-0.39, 0.29) is 0 Å². The van der Waals surface area contributed by atoms with Crippen molar-refractivity contribution in [3.05, 3.63) is 25.9 Å². The Morgan fingerprint density at radius 2 is 2.15 bits per heavy atom. The third-order valence-corrected chi connectivity index (χ3v) is 3.88. The van der Waals surface area contributed by atoms with Crippen LogP contribution in [0.1, 0.15) is 5.56 Å². The van der Waals surface area contributed by atoms with Gasteiger partial charge in [-0.2, -0.15) is 5.10 Å². The zero-order chi connectivity index (χ0) is 9.59. The quantitative estimate of drug-likeness (QED) is 0.667. The van der Waals surface area contributed by atoms with Gasteiger partial charge in [-0.15, -0.1) is 0 Å². The van der Waals surface area contributed by atoms with Crippen molar-refractivity contribution in [2.75, 3.05) is 0 Å². The van der Waals surface area contributed by atoms with E-state index in [1.165, 1.54) is 16.5 Å². The highest BCUT2D eigenvalue weighted by Crippen LogP contribution is 2.30. The summed E-state index contributed by atoms with van der Waals surface area (Å²) in [7, 11) is 1.96. The molecule has 1 heterocycles. The molecule has 2 rings (SSSR count). The minimum Gasteiger partial charge on any atom is -0.267 e. The molecule has 0 atom stereocenters. The average Bonchev–Trinajstić information content (AvgIpc) is 2.35. The van der Waals surface area contributed by atoms with Gasteiger partial charge >= 0.3 is 0 Å². The summed E-state index contributed by atoms with van der Waals surface area (Å²) in [4.78, 5) is 0. The van der Waals surface area contributed by atoms with Gasteiger partial charge in [-0.25, -0.2) is 0 Å². The molecule has 2 nitrogen and oxygen atoms in total. The number of aromatic nitrogens is 2. The molecule has 0 saturated carbocycles. The first kappa shape index (κ1) is 9.45. The van der Waals surface area contributed by atoms with Gasteiger partial charge < -0.3 is 0 Å². The Balaban J connectivity index is 2.98. The zero-order valence-electron chi connectivity index (χ0n) is 7.31. The SMILES string of the molecule is Cc1ccc2c(c(I)nn2C)c1Br. The second-order valence-corrected chi connectivity index (χ2v) is 4.82. The molecule has 13 heavy (non-hydrogen) atoms. The lowest BCUT2D eigenvalue weighted by Crippen LogP contribution is -1.89. The Kier molecular flexibility index (Phi) is 2.35. The van der Waals surface area contributed by atoms with E-state index in [1.54, 1.807) is 0 Å². The van der Waals surface area contributed by atoms with E-state index in [1.807, 2.05) is 11.7 Å². The van der Waals surface area contributed by atoms with Crippen LogP contribution in [0, 0.1) is 10.6 Å². The zero-order valence-corrected chi connectivity index (χ0v) is 11.0. The Morgan fingerprint density at radius 3 is 2.85 bits per heavy atom. The van der Waals surface area contributed by atoms with E-state index in [0.29, 0.717) is 0 Å². The molecule has 4 heteroatoms. The fourth-order valence-corrected chi connectivity index (χ4v) is 3.13. The molecule has 1 aromatic carbocycles. The molecule has 68 valence electrons. The highest BCUT2D eigenvalue weighted by atomic mass is 127. The highest BCUT2D eigenvalue weighted by molar-refractivity contribution is 14.1. The van der Waals surface area contributed by atoms with Crippen LogP contribution in [0.15, 0.2) is 16.6 Å². The van der Waals surface area contributed by atoms with Crippen molar-refractivity contribution >= 4 is 49.4 Å². The molecule has 0 radical (unpaired) electrons. The molecule has 0 aliphatic heterocycles. The van der Waals surface area contributed by atoms with E-state index in [4.69, 9.17) is 0 Å². The molecule has 0 unspecified atom stereocenters. The second-order valence-electron chi connectivity index (χ2n) is 3.00. The smallest absolute Gasteiger partial charge is 0.132 e. The van der Waals surface area contributed by atoms with E-state index in [2.05, 4.69) is 62.7 Å². The first-order valence-corrected chi connectivity index (χ1v) is 5.75. The van der Waals surface area contributed by atoms with Crippen LogP contribution in [0.5, 0.6) is 0 Å². The van der Waals surface area contributed by atoms with Gasteiger partial charge in [0.15, 0.2) is 0 Å². The lowest BCUT2D eigenvalue weighted by atomic mass is 10.2. The van der Waals surface area contributed by atoms with Gasteiger partial charge in [0.05, 0.1) is 5.52 Å². The summed E-state index contributed by atoms with van der Waals surface area (Å²) < 4.78 is 4.11. The summed E-state index contributed by atoms with van der Waals surface area (Å²) in [5.74, 6) is 0. The van der Waals surface area contributed by atoms with E-state index in [0.717, 1.165) is 8.17 Å². The minimum absolute atomic E-state index is 1.05. The monoisotopic (exact) mass is 350 g/mol. The first-order valence-electron chi connectivity index (χ1n) is 3.88. The Bertz CT molecular complexity index is 476. The molecule has 2 aromatic rings. The fraction of sp³-hybridized carbons (Fsp3) is 0.222. The fourth-order valence-electron chi connectivity index (χ4n) is 1.37. The van der Waals surface area contributed by atoms with E-state index in [9.17, 15) is 0 Å². The van der Waals surface area contributed by atoms with Crippen LogP contribution in [0.4, 0.5) is 0 Å². The predicted octanol–water partition coefficient (Wildman–Crippen LogP) is 3.25. The number of hydrogen-bond acceptors (Lipinski definition) is 1. The molecule has 0 aliphatic carbocycles. The largest absolute Gasteiger partial charge is 0.267 e. The number of rotatable bonds is 0. The van der Waals surface area contributed by atoms with Gasteiger partial charge in [-0.1, -0.05) is 6.07 Å². The van der Waals surface area contributed by atoms with E-state index < -0.39 is 0 Å². The standard InChI is InChI=1S/C9H8BrIN2/c1-5-3-4-6-7(8(5)10)9(11)12-13(6)2/h3-4H,1-2H3. The molecular formula is C9H8BrIN2. The lowest BCUT2D eigenvalue weighted by molar-refractivity contribution is 0.787. The predicted molar refractivity (Wildman–Crippen MR) is 65.9 cm³/mol. The molecular weight excluding hydrogens is 343 g/mol. The first-order chi connectivity index (χ1) is 6.11. The van der Waals surface area contributed by atoms with Gasteiger partial charge in [0.25, 0.3) is 0 Å². The normalized spacial score (nSPS) is 11.1. The third kappa shape index (κ3) is 1.40. The Labute approximate surface area is 98.6 Å². The number of halogens is 2. The number of hydrogen-bond donors (Lipinski definition) is 0. The van der Waals surface area contributed by atoms with Crippen molar-refractivity contribution in [1.82, 2.24) is 9.78 Å². The average molecular weight is 351 g/mol. The molecule has 1 aromatic heterocycles. The molecule has 0 saturated heterocycles. The second kappa shape index (κ2) is 3.24. The molecule has 0 N–H and O–H groups in total. The van der Waals surface area contributed by atoms with Crippen molar-refractivity contribution in [3.63, 3.8) is 0 Å². The minimum atomic E-state index is 1.05. The van der Waals surface area contributed by atoms with Gasteiger partial charge in [0, 0.05) is 16.9 Å². The van der Waals surface area contributed by atoms with Crippen LogP contribution in [-0.4, -0.2) is 9.78 Å². The number of fused-ring (bicyclic) bond motifs is 1. The van der Waals surface area contributed by atoms with Crippen LogP contribution in [0.25, 0.3) is 10.9 Å². The van der Waals surface area contributed by atoms with Crippen molar-refractivity contribution < 1.29 is 0 Å². The molecule has 0 fully saturated rings. The number of benzene rings is 1. The number of aryl methyl sites for hydroxylation is 2. The van der Waals surface area contributed by atoms with E-state index >= 15 is 0 Å². The summed E-state index contributed by atoms with van der Waals surface area (Å²) in [5.41, 5.74) is 2.42. The van der Waals surface area contributed by atoms with Gasteiger partial charge in [0.2, 0.25) is 0 Å². The molecule has 0 spiro atoms. The van der Waals surface area contributed by atoms with Crippen molar-refractivity contribution in [1.29, 1.82) is 0 Å². The third-order valence-electron chi connectivity index (χ3n) is 2.11. The lowest BCUT2D eigenvalue weighted by Gasteiger charge is -1.99. The maximum atomic E-state index is 4.37. The van der Waals surface area contributed by atoms with Crippen LogP contribution >= 0.6 is 38.5 Å². The van der Waals surface area contributed by atoms with Gasteiger partial charge in [-0.05, 0) is 57.1 Å². The Morgan fingerprint density at radius 1 is 1.46 bits per heavy atom. The van der Waals surface area contributed by atoms with Crippen molar-refractivity contribution in [2.24, 2.45) is 7.05 Å². The topological polar surface area (TPSA) is 17.8 Å². The summed E-state index contributed by atoms with van der Waals surface area (Å²) in [5, 5.41) is 5.58. The highest BCUT2D eigenvalue weighted by Gasteiger charge is 2.10. The molecule has 0 bridgehead atoms. The maximum Gasteiger partial charge on any atom is 0.132 e. The molecule has 0 aliphatic rings. The van der Waals surface area contributed by atoms with Crippen LogP contribution in [0.3, 0.4) is 0 Å². The molecule has 0 amide bonds. The van der Waals surface area contributed by atoms with Gasteiger partial charge in [0.1, 0.15) is 3.70 Å². The number of nitrogens with zero attached hydrogens (tertiary/aromatic N) is 2. The van der Waals surface area contributed by atoms with Crippen LogP contribution < -0.4 is 0 Å². The van der Waals surface area contributed by atoms with Gasteiger partial charge in [-0.3, -0.25) is 4.68 Å². The summed E-state index contributed by atoms with van der Waals surface area (Å²) in [6, 6.07) is 4.20. The maximum absolute atomic E-state index is 4.37. The summed E-state index contributed by atoms with van der Waals surface area (Å²) >= 11 is 5.85. The van der Waals surface area contributed by atoms with Crippen molar-refractivity contribution in [2.45, 2.75) is 6.92 Å².